The van der Waals surface area contributed by atoms with Crippen LogP contribution in [0.5, 0.6) is 0 Å². The highest BCUT2D eigenvalue weighted by Crippen LogP contribution is 2.35. The first-order valence-corrected chi connectivity index (χ1v) is 7.74. The summed E-state index contributed by atoms with van der Waals surface area (Å²) in [5.74, 6) is -2.57. The Bertz CT molecular complexity index is 870. The largest absolute Gasteiger partial charge is 0.337 e. The van der Waals surface area contributed by atoms with Crippen molar-refractivity contribution in [1.29, 1.82) is 0 Å². The van der Waals surface area contributed by atoms with Crippen molar-refractivity contribution in [3.8, 4) is 0 Å². The van der Waals surface area contributed by atoms with Gasteiger partial charge in [0.25, 0.3) is 5.91 Å². The fraction of sp³-hybridized carbons (Fsp3) is 0.125. The summed E-state index contributed by atoms with van der Waals surface area (Å²) < 4.78 is 28.0. The zero-order valence-electron chi connectivity index (χ0n) is 11.8. The maximum absolute atomic E-state index is 14.4. The van der Waals surface area contributed by atoms with Crippen molar-refractivity contribution < 1.29 is 18.4 Å². The molecule has 1 aliphatic rings. The molecule has 118 valence electrons. The molecule has 3 rings (SSSR count). The summed E-state index contributed by atoms with van der Waals surface area (Å²) in [5, 5.41) is 0.0244. The summed E-state index contributed by atoms with van der Waals surface area (Å²) in [6.07, 6.45) is 0. The van der Waals surface area contributed by atoms with Gasteiger partial charge in [0.15, 0.2) is 5.78 Å². The maximum Gasteiger partial charge on any atom is 0.254 e. The molecular weight excluding hydrogens is 392 g/mol. The number of fused-ring (bicyclic) bond motifs is 1. The molecule has 0 aromatic heterocycles. The number of ketones is 1. The van der Waals surface area contributed by atoms with E-state index in [1.54, 1.807) is 7.05 Å². The van der Waals surface area contributed by atoms with Crippen LogP contribution in [0.2, 0.25) is 5.02 Å². The lowest BCUT2D eigenvalue weighted by molar-refractivity contribution is 0.0816. The van der Waals surface area contributed by atoms with Crippen molar-refractivity contribution >= 4 is 39.2 Å². The van der Waals surface area contributed by atoms with Crippen molar-refractivity contribution in [3.05, 3.63) is 67.6 Å². The van der Waals surface area contributed by atoms with Gasteiger partial charge >= 0.3 is 0 Å². The second-order valence-corrected chi connectivity index (χ2v) is 6.39. The average Bonchev–Trinajstić information content (AvgIpc) is 2.78. The van der Waals surface area contributed by atoms with Gasteiger partial charge in [-0.3, -0.25) is 9.59 Å². The molecule has 0 unspecified atom stereocenters. The van der Waals surface area contributed by atoms with Crippen LogP contribution in [-0.2, 0) is 6.54 Å². The molecule has 2 aromatic rings. The van der Waals surface area contributed by atoms with Gasteiger partial charge in [-0.1, -0.05) is 11.6 Å². The first kappa shape index (κ1) is 16.1. The highest BCUT2D eigenvalue weighted by atomic mass is 79.9. The van der Waals surface area contributed by atoms with E-state index in [1.807, 2.05) is 0 Å². The molecule has 2 aromatic carbocycles. The van der Waals surface area contributed by atoms with Crippen LogP contribution < -0.4 is 0 Å². The normalized spacial score (nSPS) is 13.4. The van der Waals surface area contributed by atoms with E-state index in [0.717, 1.165) is 18.2 Å². The third-order valence-electron chi connectivity index (χ3n) is 3.69. The molecule has 3 nitrogen and oxygen atoms in total. The molecule has 1 heterocycles. The number of hydrogen-bond donors (Lipinski definition) is 0. The second kappa shape index (κ2) is 5.69. The topological polar surface area (TPSA) is 37.4 Å². The van der Waals surface area contributed by atoms with Crippen LogP contribution in [0.1, 0.15) is 31.8 Å². The van der Waals surface area contributed by atoms with E-state index in [2.05, 4.69) is 15.9 Å². The molecule has 0 aliphatic carbocycles. The van der Waals surface area contributed by atoms with Gasteiger partial charge in [-0.15, -0.1) is 0 Å². The fourth-order valence-corrected chi connectivity index (χ4v) is 3.45. The van der Waals surface area contributed by atoms with E-state index >= 15 is 0 Å². The van der Waals surface area contributed by atoms with Crippen LogP contribution in [0.25, 0.3) is 0 Å². The van der Waals surface area contributed by atoms with Crippen LogP contribution in [-0.4, -0.2) is 23.6 Å². The lowest BCUT2D eigenvalue weighted by Gasteiger charge is -2.10. The molecule has 23 heavy (non-hydrogen) atoms. The first-order valence-electron chi connectivity index (χ1n) is 6.57. The smallest absolute Gasteiger partial charge is 0.254 e. The predicted molar refractivity (Wildman–Crippen MR) is 84.7 cm³/mol. The summed E-state index contributed by atoms with van der Waals surface area (Å²) in [7, 11) is 1.58. The van der Waals surface area contributed by atoms with Gasteiger partial charge in [0.05, 0.1) is 10.6 Å². The Morgan fingerprint density at radius 1 is 1.30 bits per heavy atom. The van der Waals surface area contributed by atoms with Gasteiger partial charge in [0.1, 0.15) is 11.6 Å². The molecule has 1 aliphatic heterocycles. The number of benzene rings is 2. The Morgan fingerprint density at radius 2 is 2.00 bits per heavy atom. The lowest BCUT2D eigenvalue weighted by atomic mass is 9.98. The summed E-state index contributed by atoms with van der Waals surface area (Å²) in [6.45, 7) is 0.256. The third kappa shape index (κ3) is 2.56. The van der Waals surface area contributed by atoms with Crippen molar-refractivity contribution in [3.63, 3.8) is 0 Å². The number of halogens is 4. The molecule has 0 radical (unpaired) electrons. The van der Waals surface area contributed by atoms with Crippen LogP contribution in [0.4, 0.5) is 8.78 Å². The van der Waals surface area contributed by atoms with Gasteiger partial charge in [-0.2, -0.15) is 0 Å². The minimum absolute atomic E-state index is 0.0244. The number of amides is 1. The third-order valence-corrected chi connectivity index (χ3v) is 4.90. The molecule has 1 amide bonds. The molecular formula is C16H9BrClF2NO2. The van der Waals surface area contributed by atoms with Gasteiger partial charge < -0.3 is 4.90 Å². The lowest BCUT2D eigenvalue weighted by Crippen LogP contribution is -2.17. The van der Waals surface area contributed by atoms with E-state index in [-0.39, 0.29) is 38.6 Å². The van der Waals surface area contributed by atoms with E-state index < -0.39 is 17.4 Å². The first-order chi connectivity index (χ1) is 10.8. The Kier molecular flexibility index (Phi) is 3.98. The highest BCUT2D eigenvalue weighted by Gasteiger charge is 2.32. The van der Waals surface area contributed by atoms with E-state index in [1.165, 1.54) is 11.0 Å². The van der Waals surface area contributed by atoms with Crippen LogP contribution in [0, 0.1) is 11.6 Å². The van der Waals surface area contributed by atoms with Crippen LogP contribution in [0.15, 0.2) is 28.7 Å². The van der Waals surface area contributed by atoms with Crippen LogP contribution in [0.3, 0.4) is 0 Å². The summed E-state index contributed by atoms with van der Waals surface area (Å²) in [5.41, 5.74) is 0.330. The molecule has 7 heteroatoms. The Labute approximate surface area is 144 Å². The molecule has 0 fully saturated rings. The predicted octanol–water partition coefficient (Wildman–Crippen LogP) is 4.20. The zero-order chi connectivity index (χ0) is 16.9. The number of carbonyl (C=O) groups is 2. The van der Waals surface area contributed by atoms with E-state index in [4.69, 9.17) is 11.6 Å². The van der Waals surface area contributed by atoms with Gasteiger partial charge in [0.2, 0.25) is 0 Å². The number of hydrogen-bond acceptors (Lipinski definition) is 2. The SMILES string of the molecule is CN1Cc2c(cc(F)c(C(=O)c3cc(F)ccc3Cl)c2Br)C1=O. The Balaban J connectivity index is 2.18. The standard InChI is InChI=1S/C16H9BrClF2NO2/c1-21-6-10-8(16(21)23)5-12(20)13(14(10)17)15(22)9-4-7(19)2-3-11(9)18/h2-5H,6H2,1H3. The highest BCUT2D eigenvalue weighted by molar-refractivity contribution is 9.10. The summed E-state index contributed by atoms with van der Waals surface area (Å²) in [6, 6.07) is 4.34. The van der Waals surface area contributed by atoms with Gasteiger partial charge in [-0.25, -0.2) is 8.78 Å². The number of nitrogens with zero attached hydrogens (tertiary/aromatic N) is 1. The second-order valence-electron chi connectivity index (χ2n) is 5.19. The molecule has 0 bridgehead atoms. The summed E-state index contributed by atoms with van der Waals surface area (Å²) in [4.78, 5) is 26.0. The zero-order valence-corrected chi connectivity index (χ0v) is 14.1. The van der Waals surface area contributed by atoms with Crippen molar-refractivity contribution in [2.45, 2.75) is 6.54 Å². The van der Waals surface area contributed by atoms with Crippen molar-refractivity contribution in [2.75, 3.05) is 7.05 Å². The summed E-state index contributed by atoms with van der Waals surface area (Å²) >= 11 is 9.12. The quantitative estimate of drug-likeness (QED) is 0.709. The Morgan fingerprint density at radius 3 is 2.70 bits per heavy atom. The van der Waals surface area contributed by atoms with E-state index in [0.29, 0.717) is 5.56 Å². The fourth-order valence-electron chi connectivity index (χ4n) is 2.53. The maximum atomic E-state index is 14.4. The van der Waals surface area contributed by atoms with Gasteiger partial charge in [-0.05, 0) is 45.8 Å². The minimum atomic E-state index is -0.857. The minimum Gasteiger partial charge on any atom is -0.337 e. The van der Waals surface area contributed by atoms with Gasteiger partial charge in [0, 0.05) is 29.2 Å². The monoisotopic (exact) mass is 399 g/mol. The Hall–Kier alpha value is -1.79. The average molecular weight is 401 g/mol. The molecule has 0 N–H and O–H groups in total. The van der Waals surface area contributed by atoms with Crippen molar-refractivity contribution in [1.82, 2.24) is 4.90 Å². The molecule has 0 atom stereocenters. The molecule has 0 saturated heterocycles. The van der Waals surface area contributed by atoms with Crippen molar-refractivity contribution in [2.24, 2.45) is 0 Å². The van der Waals surface area contributed by atoms with E-state index in [9.17, 15) is 18.4 Å². The molecule has 0 spiro atoms. The number of carbonyl (C=O) groups excluding carboxylic acids is 2. The number of rotatable bonds is 2. The molecule has 0 saturated carbocycles. The van der Waals surface area contributed by atoms with Crippen LogP contribution >= 0.6 is 27.5 Å².